The predicted molar refractivity (Wildman–Crippen MR) is 121 cm³/mol. The summed E-state index contributed by atoms with van der Waals surface area (Å²) in [4.78, 5) is 92.0. The molecule has 3 atom stereocenters. The van der Waals surface area contributed by atoms with E-state index >= 15 is 0 Å². The number of aliphatic hydroxyl groups is 1. The molecule has 0 aliphatic carbocycles. The predicted octanol–water partition coefficient (Wildman–Crippen LogP) is -1.93. The average molecular weight is 603 g/mol. The molecular weight excluding hydrogens is 575 g/mol. The lowest BCUT2D eigenvalue weighted by Crippen LogP contribution is -2.43. The smallest absolute Gasteiger partial charge is 0.394 e. The number of hydrogen-bond donors (Lipinski definition) is 10. The van der Waals surface area contributed by atoms with E-state index in [4.69, 9.17) is 68.0 Å². The van der Waals surface area contributed by atoms with Gasteiger partial charge in [-0.3, -0.25) is 13.9 Å². The average Bonchev–Trinajstić information content (AvgIpc) is 3.03. The minimum atomic E-state index is -4.64. The van der Waals surface area contributed by atoms with E-state index < -0.39 is 47.5 Å². The fourth-order valence-electron chi connectivity index (χ4n) is 2.62. The van der Waals surface area contributed by atoms with Gasteiger partial charge in [-0.2, -0.15) is 0 Å². The van der Waals surface area contributed by atoms with Crippen LogP contribution in [0.15, 0.2) is 20.9 Å². The van der Waals surface area contributed by atoms with Crippen LogP contribution in [0.2, 0.25) is 0 Å². The van der Waals surface area contributed by atoms with E-state index in [0.717, 1.165) is 4.57 Å². The summed E-state index contributed by atoms with van der Waals surface area (Å²) in [6.07, 6.45) is 0.378. The van der Waals surface area contributed by atoms with Crippen LogP contribution in [0.1, 0.15) is 38.1 Å². The Morgan fingerprint density at radius 3 is 1.76 bits per heavy atom. The monoisotopic (exact) mass is 603 g/mol. The van der Waals surface area contributed by atoms with Crippen LogP contribution in [0.25, 0.3) is 10.4 Å². The number of aryl methyl sites for hydroxylation is 1. The number of aromatic nitrogens is 2. The van der Waals surface area contributed by atoms with Crippen LogP contribution in [-0.2, 0) is 18.4 Å². The van der Waals surface area contributed by atoms with Crippen molar-refractivity contribution >= 4 is 23.5 Å². The summed E-state index contributed by atoms with van der Waals surface area (Å²) in [5.74, 6) is 0. The third kappa shape index (κ3) is 19.0. The maximum Gasteiger partial charge on any atom is 0.466 e. The van der Waals surface area contributed by atoms with Crippen molar-refractivity contribution in [3.63, 3.8) is 0 Å². The highest BCUT2D eigenvalue weighted by atomic mass is 31.2. The van der Waals surface area contributed by atoms with E-state index in [9.17, 15) is 14.7 Å². The van der Waals surface area contributed by atoms with Gasteiger partial charge in [0, 0.05) is 29.1 Å². The molecule has 1 aliphatic heterocycles. The molecule has 10 N–H and O–H groups in total. The first-order valence-electron chi connectivity index (χ1n) is 9.40. The second kappa shape index (κ2) is 15.6. The number of hydrogen-bond acceptors (Lipinski definition) is 8. The minimum Gasteiger partial charge on any atom is -0.394 e. The second-order valence-corrected chi connectivity index (χ2v) is 10.2. The number of ether oxygens (including phenoxy) is 1. The molecule has 1 unspecified atom stereocenters. The van der Waals surface area contributed by atoms with E-state index in [1.807, 2.05) is 0 Å². The fraction of sp³-hybridized carbons (Fsp3) is 0.692. The molecule has 0 amide bonds. The summed E-state index contributed by atoms with van der Waals surface area (Å²) < 4.78 is 34.7. The number of rotatable bonds is 4. The Kier molecular flexibility index (Phi) is 15.8. The highest BCUT2D eigenvalue weighted by molar-refractivity contribution is 7.45. The van der Waals surface area contributed by atoms with Crippen molar-refractivity contribution in [1.82, 2.24) is 9.13 Å². The van der Waals surface area contributed by atoms with Gasteiger partial charge in [0.15, 0.2) is 0 Å². The molecule has 0 aromatic carbocycles. The molecule has 2 heterocycles. The molecule has 24 heteroatoms. The number of azide groups is 1. The maximum atomic E-state index is 12.5. The summed E-state index contributed by atoms with van der Waals surface area (Å²) in [6.45, 7) is 4.82. The molecule has 1 aromatic rings. The van der Waals surface area contributed by atoms with Crippen molar-refractivity contribution in [1.29, 1.82) is 0 Å². The van der Waals surface area contributed by atoms with Crippen molar-refractivity contribution in [2.45, 2.75) is 51.6 Å². The normalized spacial score (nSPS) is 19.4. The van der Waals surface area contributed by atoms with Crippen molar-refractivity contribution in [2.75, 3.05) is 6.61 Å². The summed E-state index contributed by atoms with van der Waals surface area (Å²) in [5, 5.41) is 12.9. The van der Waals surface area contributed by atoms with E-state index in [-0.39, 0.29) is 24.6 Å². The summed E-state index contributed by atoms with van der Waals surface area (Å²) >= 11 is 0. The lowest BCUT2D eigenvalue weighted by molar-refractivity contribution is -0.0278. The maximum absolute atomic E-state index is 12.5. The van der Waals surface area contributed by atoms with Gasteiger partial charge in [0.1, 0.15) is 6.23 Å². The lowest BCUT2D eigenvalue weighted by atomic mass is 10.1. The Hall–Kier alpha value is -1.76. The molecule has 37 heavy (non-hydrogen) atoms. The SMILES string of the molecule is Cc1cn([C@H]2CC(N=[N+]=[N-])[C@@H](CO)O2)c(=O)n(C(C)C)c1=O.O=P(O)(O)O.O=P(O)(O)O.O=P(O)(O)O. The number of phosphoric acid groups is 3. The molecule has 216 valence electrons. The third-order valence-corrected chi connectivity index (χ3v) is 3.73. The van der Waals surface area contributed by atoms with E-state index in [2.05, 4.69) is 10.0 Å². The molecule has 0 spiro atoms. The zero-order valence-electron chi connectivity index (χ0n) is 19.3. The Bertz CT molecular complexity index is 1100. The van der Waals surface area contributed by atoms with E-state index in [1.54, 1.807) is 20.8 Å². The van der Waals surface area contributed by atoms with Gasteiger partial charge in [-0.25, -0.2) is 18.5 Å². The number of nitrogens with zero attached hydrogens (tertiary/aromatic N) is 5. The quantitative estimate of drug-likeness (QED) is 0.0775. The Morgan fingerprint density at radius 2 is 1.43 bits per heavy atom. The van der Waals surface area contributed by atoms with Gasteiger partial charge >= 0.3 is 29.2 Å². The van der Waals surface area contributed by atoms with Crippen LogP contribution in [-0.4, -0.2) is 77.0 Å². The Morgan fingerprint density at radius 1 is 1.03 bits per heavy atom. The molecule has 0 saturated carbocycles. The molecule has 2 rings (SSSR count). The Labute approximate surface area is 207 Å². The first-order valence-corrected chi connectivity index (χ1v) is 14.1. The van der Waals surface area contributed by atoms with E-state index in [0.29, 0.717) is 5.56 Å². The fourth-order valence-corrected chi connectivity index (χ4v) is 2.62. The zero-order valence-corrected chi connectivity index (χ0v) is 22.0. The molecule has 21 nitrogen and oxygen atoms in total. The molecule has 0 bridgehead atoms. The van der Waals surface area contributed by atoms with Crippen molar-refractivity contribution in [2.24, 2.45) is 5.11 Å². The molecular formula is C13H28N5O16P3. The van der Waals surface area contributed by atoms with Crippen LogP contribution < -0.4 is 11.2 Å². The summed E-state index contributed by atoms with van der Waals surface area (Å²) in [6, 6.07) is -0.833. The molecule has 1 aromatic heterocycles. The van der Waals surface area contributed by atoms with Crippen LogP contribution in [0.3, 0.4) is 0 Å². The van der Waals surface area contributed by atoms with Gasteiger partial charge in [-0.15, -0.1) is 0 Å². The van der Waals surface area contributed by atoms with Crippen molar-refractivity contribution in [3.05, 3.63) is 43.0 Å². The first kappa shape index (κ1) is 37.4. The first-order chi connectivity index (χ1) is 16.4. The molecule has 0 radical (unpaired) electrons. The number of aliphatic hydroxyl groups excluding tert-OH is 1. The Balaban J connectivity index is 0. The zero-order chi connectivity index (χ0) is 29.9. The third-order valence-electron chi connectivity index (χ3n) is 3.73. The van der Waals surface area contributed by atoms with Crippen LogP contribution in [0.5, 0.6) is 0 Å². The summed E-state index contributed by atoms with van der Waals surface area (Å²) in [7, 11) is -13.9. The lowest BCUT2D eigenvalue weighted by Gasteiger charge is -2.19. The van der Waals surface area contributed by atoms with Crippen molar-refractivity contribution < 1.29 is 67.6 Å². The largest absolute Gasteiger partial charge is 0.466 e. The van der Waals surface area contributed by atoms with Gasteiger partial charge in [-0.1, -0.05) is 5.11 Å². The van der Waals surface area contributed by atoms with E-state index in [1.165, 1.54) is 10.8 Å². The van der Waals surface area contributed by atoms with Gasteiger partial charge in [0.05, 0.1) is 18.8 Å². The van der Waals surface area contributed by atoms with Gasteiger partial charge in [0.25, 0.3) is 5.56 Å². The van der Waals surface area contributed by atoms with Gasteiger partial charge < -0.3 is 53.9 Å². The molecule has 1 fully saturated rings. The van der Waals surface area contributed by atoms with Gasteiger partial charge in [0.2, 0.25) is 0 Å². The topological polar surface area (TPSA) is 356 Å². The molecule has 1 saturated heterocycles. The highest BCUT2D eigenvalue weighted by Gasteiger charge is 2.36. The van der Waals surface area contributed by atoms with Gasteiger partial charge in [-0.05, 0) is 26.3 Å². The standard InChI is InChI=1S/C13H19N5O4.3H3O4P/c1-7(2)18-12(20)8(3)5-17(13(18)21)11-4-9(15-16-14)10(6-19)22-11;3*1-5(2,3)4/h5,7,9-11,19H,4,6H2,1-3H3;3*(H3,1,2,3,4)/t9?,10-,11-;;;/m1.../s1. The van der Waals surface area contributed by atoms with Crippen LogP contribution >= 0.6 is 23.5 Å². The highest BCUT2D eigenvalue weighted by Crippen LogP contribution is 2.30. The van der Waals surface area contributed by atoms with Crippen molar-refractivity contribution in [3.8, 4) is 0 Å². The minimum absolute atomic E-state index is 0.269. The second-order valence-electron chi connectivity index (χ2n) is 7.13. The van der Waals surface area contributed by atoms with Crippen LogP contribution in [0, 0.1) is 6.92 Å². The van der Waals surface area contributed by atoms with Crippen LogP contribution in [0.4, 0.5) is 0 Å². The summed E-state index contributed by atoms with van der Waals surface area (Å²) in [5.41, 5.74) is 8.17. The molecule has 1 aliphatic rings.